The number of nitrogens with zero attached hydrogens (tertiary/aromatic N) is 2. The van der Waals surface area contributed by atoms with Gasteiger partial charge in [-0.25, -0.2) is 0 Å². The summed E-state index contributed by atoms with van der Waals surface area (Å²) in [6.07, 6.45) is 0. The molecule has 3 rings (SSSR count). The maximum Gasteiger partial charge on any atom is 0.277 e. The standard InChI is InChI=1S/C16H13N3O6/c1-7(20)14-8(2)25-16(18)10(5-17)15(14)9-3-12-13(24-6-23-12)4-11(9)19(21)22/h3-4,15H,6,18H2,1-2H3/t15-/m0/s1. The molecule has 0 saturated heterocycles. The van der Waals surface area contributed by atoms with Crippen LogP contribution in [0.2, 0.25) is 0 Å². The molecular weight excluding hydrogens is 330 g/mol. The summed E-state index contributed by atoms with van der Waals surface area (Å²) >= 11 is 0. The number of benzene rings is 1. The van der Waals surface area contributed by atoms with E-state index in [4.69, 9.17) is 19.9 Å². The Morgan fingerprint density at radius 1 is 1.40 bits per heavy atom. The van der Waals surface area contributed by atoms with Crippen molar-refractivity contribution in [2.24, 2.45) is 5.73 Å². The molecule has 2 aliphatic heterocycles. The van der Waals surface area contributed by atoms with Crippen LogP contribution in [0.15, 0.2) is 34.9 Å². The molecule has 0 fully saturated rings. The van der Waals surface area contributed by atoms with Gasteiger partial charge in [-0.05, 0) is 19.9 Å². The van der Waals surface area contributed by atoms with Crippen LogP contribution in [0.5, 0.6) is 11.5 Å². The van der Waals surface area contributed by atoms with Crippen molar-refractivity contribution in [2.45, 2.75) is 19.8 Å². The third-order valence-corrected chi connectivity index (χ3v) is 4.01. The lowest BCUT2D eigenvalue weighted by Gasteiger charge is -2.26. The topological polar surface area (TPSA) is 138 Å². The van der Waals surface area contributed by atoms with Gasteiger partial charge in [0.1, 0.15) is 17.4 Å². The first kappa shape index (κ1) is 16.3. The Hall–Kier alpha value is -3.54. The van der Waals surface area contributed by atoms with Crippen molar-refractivity contribution in [1.29, 1.82) is 5.26 Å². The zero-order valence-corrected chi connectivity index (χ0v) is 13.4. The van der Waals surface area contributed by atoms with E-state index in [1.54, 1.807) is 0 Å². The van der Waals surface area contributed by atoms with Gasteiger partial charge in [0, 0.05) is 11.1 Å². The number of rotatable bonds is 3. The first-order valence-corrected chi connectivity index (χ1v) is 7.22. The lowest BCUT2D eigenvalue weighted by Crippen LogP contribution is -2.23. The molecule has 1 aromatic carbocycles. The van der Waals surface area contributed by atoms with E-state index < -0.39 is 10.8 Å². The molecule has 1 atom stereocenters. The Labute approximate surface area is 142 Å². The molecule has 2 N–H and O–H groups in total. The number of nitro groups is 1. The zero-order chi connectivity index (χ0) is 18.3. The number of hydrogen-bond donors (Lipinski definition) is 1. The highest BCUT2D eigenvalue weighted by Crippen LogP contribution is 2.47. The molecule has 0 spiro atoms. The molecule has 0 amide bonds. The average Bonchev–Trinajstić information content (AvgIpc) is 2.99. The summed E-state index contributed by atoms with van der Waals surface area (Å²) in [7, 11) is 0. The minimum absolute atomic E-state index is 0.0682. The van der Waals surface area contributed by atoms with Crippen LogP contribution in [0.1, 0.15) is 25.3 Å². The van der Waals surface area contributed by atoms with Crippen molar-refractivity contribution in [3.63, 3.8) is 0 Å². The summed E-state index contributed by atoms with van der Waals surface area (Å²) in [5.41, 5.74) is 5.64. The van der Waals surface area contributed by atoms with E-state index in [1.807, 2.05) is 6.07 Å². The maximum absolute atomic E-state index is 12.1. The molecule has 0 bridgehead atoms. The minimum Gasteiger partial charge on any atom is -0.454 e. The van der Waals surface area contributed by atoms with E-state index in [9.17, 15) is 20.2 Å². The Bertz CT molecular complexity index is 909. The molecule has 9 nitrogen and oxygen atoms in total. The molecule has 0 aromatic heterocycles. The van der Waals surface area contributed by atoms with Crippen LogP contribution >= 0.6 is 0 Å². The van der Waals surface area contributed by atoms with Crippen molar-refractivity contribution in [2.75, 3.05) is 6.79 Å². The summed E-state index contributed by atoms with van der Waals surface area (Å²) < 4.78 is 15.7. The number of ketones is 1. The fourth-order valence-corrected chi connectivity index (χ4v) is 2.98. The van der Waals surface area contributed by atoms with Crippen LogP contribution in [-0.4, -0.2) is 17.5 Å². The van der Waals surface area contributed by atoms with Crippen molar-refractivity contribution < 1.29 is 23.9 Å². The van der Waals surface area contributed by atoms with E-state index in [1.165, 1.54) is 26.0 Å². The highest BCUT2D eigenvalue weighted by molar-refractivity contribution is 5.97. The third kappa shape index (κ3) is 2.53. The Balaban J connectivity index is 2.31. The second-order valence-electron chi connectivity index (χ2n) is 5.47. The first-order chi connectivity index (χ1) is 11.8. The number of fused-ring (bicyclic) bond motifs is 1. The van der Waals surface area contributed by atoms with Gasteiger partial charge in [0.05, 0.1) is 16.9 Å². The van der Waals surface area contributed by atoms with Gasteiger partial charge in [0.25, 0.3) is 5.69 Å². The number of nitro benzene ring substituents is 1. The quantitative estimate of drug-likeness (QED) is 0.649. The Morgan fingerprint density at radius 3 is 2.60 bits per heavy atom. The molecule has 128 valence electrons. The monoisotopic (exact) mass is 343 g/mol. The number of hydrogen-bond acceptors (Lipinski definition) is 8. The predicted molar refractivity (Wildman–Crippen MR) is 83.3 cm³/mol. The van der Waals surface area contributed by atoms with Gasteiger partial charge < -0.3 is 19.9 Å². The van der Waals surface area contributed by atoms with Crippen LogP contribution in [0.4, 0.5) is 5.69 Å². The molecule has 0 radical (unpaired) electrons. The number of allylic oxidation sites excluding steroid dienone is 3. The molecule has 9 heteroatoms. The lowest BCUT2D eigenvalue weighted by atomic mass is 9.80. The number of carbonyl (C=O) groups excluding carboxylic acids is 1. The molecule has 0 saturated carbocycles. The molecular formula is C16H13N3O6. The first-order valence-electron chi connectivity index (χ1n) is 7.22. The van der Waals surface area contributed by atoms with E-state index in [0.29, 0.717) is 5.75 Å². The number of nitriles is 1. The van der Waals surface area contributed by atoms with Gasteiger partial charge in [0.2, 0.25) is 12.7 Å². The fourth-order valence-electron chi connectivity index (χ4n) is 2.98. The number of nitrogens with two attached hydrogens (primary N) is 1. The minimum atomic E-state index is -1.02. The van der Waals surface area contributed by atoms with E-state index >= 15 is 0 Å². The van der Waals surface area contributed by atoms with Gasteiger partial charge >= 0.3 is 0 Å². The van der Waals surface area contributed by atoms with Crippen LogP contribution in [0.25, 0.3) is 0 Å². The maximum atomic E-state index is 12.1. The number of Topliss-reactive ketones (excluding diaryl/α,β-unsaturated/α-hetero) is 1. The third-order valence-electron chi connectivity index (χ3n) is 4.01. The summed E-state index contributed by atoms with van der Waals surface area (Å²) in [5, 5.41) is 21.0. The summed E-state index contributed by atoms with van der Waals surface area (Å²) in [6.45, 7) is 2.75. The van der Waals surface area contributed by atoms with Crippen molar-refractivity contribution in [1.82, 2.24) is 0 Å². The van der Waals surface area contributed by atoms with Crippen LogP contribution in [-0.2, 0) is 9.53 Å². The van der Waals surface area contributed by atoms with Gasteiger partial charge in [-0.3, -0.25) is 14.9 Å². The lowest BCUT2D eigenvalue weighted by molar-refractivity contribution is -0.385. The Kier molecular flexibility index (Phi) is 3.81. The summed E-state index contributed by atoms with van der Waals surface area (Å²) in [6, 6.07) is 4.50. The summed E-state index contributed by atoms with van der Waals surface area (Å²) in [5.74, 6) is -0.879. The van der Waals surface area contributed by atoms with Crippen LogP contribution in [0, 0.1) is 21.4 Å². The number of carbonyl (C=O) groups is 1. The Morgan fingerprint density at radius 2 is 2.04 bits per heavy atom. The number of ether oxygens (including phenoxy) is 3. The van der Waals surface area contributed by atoms with Crippen molar-refractivity contribution >= 4 is 11.5 Å². The van der Waals surface area contributed by atoms with Crippen molar-refractivity contribution in [3.8, 4) is 17.6 Å². The second kappa shape index (κ2) is 5.83. The zero-order valence-electron chi connectivity index (χ0n) is 13.4. The van der Waals surface area contributed by atoms with Gasteiger partial charge in [0.15, 0.2) is 17.3 Å². The van der Waals surface area contributed by atoms with Crippen molar-refractivity contribution in [3.05, 3.63) is 50.6 Å². The van der Waals surface area contributed by atoms with Gasteiger partial charge in [-0.1, -0.05) is 0 Å². The average molecular weight is 343 g/mol. The van der Waals surface area contributed by atoms with Gasteiger partial charge in [-0.15, -0.1) is 0 Å². The molecule has 1 aromatic rings. The van der Waals surface area contributed by atoms with Gasteiger partial charge in [-0.2, -0.15) is 5.26 Å². The molecule has 2 aliphatic rings. The normalized spacial score (nSPS) is 18.7. The highest BCUT2D eigenvalue weighted by atomic mass is 16.7. The smallest absolute Gasteiger partial charge is 0.277 e. The molecule has 25 heavy (non-hydrogen) atoms. The highest BCUT2D eigenvalue weighted by Gasteiger charge is 2.39. The predicted octanol–water partition coefficient (Wildman–Crippen LogP) is 1.99. The van der Waals surface area contributed by atoms with E-state index in [2.05, 4.69) is 0 Å². The second-order valence-corrected chi connectivity index (χ2v) is 5.47. The molecule has 0 unspecified atom stereocenters. The van der Waals surface area contributed by atoms with E-state index in [0.717, 1.165) is 0 Å². The molecule has 0 aliphatic carbocycles. The SMILES string of the molecule is CC(=O)C1=C(C)OC(N)=C(C#N)[C@@H]1c1cc2c(cc1[N+](=O)[O-])OCO2. The van der Waals surface area contributed by atoms with Crippen LogP contribution < -0.4 is 15.2 Å². The molecule has 2 heterocycles. The largest absolute Gasteiger partial charge is 0.454 e. The van der Waals surface area contributed by atoms with E-state index in [-0.39, 0.29) is 52.4 Å². The summed E-state index contributed by atoms with van der Waals surface area (Å²) in [4.78, 5) is 23.1. The fraction of sp³-hybridized carbons (Fsp3) is 0.250. The van der Waals surface area contributed by atoms with Crippen LogP contribution in [0.3, 0.4) is 0 Å².